The Balaban J connectivity index is 1.85. The molecule has 0 amide bonds. The Morgan fingerprint density at radius 2 is 1.83 bits per heavy atom. The van der Waals surface area contributed by atoms with Crippen molar-refractivity contribution in [3.05, 3.63) is 23.3 Å². The van der Waals surface area contributed by atoms with Gasteiger partial charge < -0.3 is 4.79 Å². The van der Waals surface area contributed by atoms with E-state index in [9.17, 15) is 14.4 Å². The van der Waals surface area contributed by atoms with E-state index in [4.69, 9.17) is 0 Å². The first-order valence-corrected chi connectivity index (χ1v) is 12.0. The molecule has 2 saturated carbocycles. The number of ketones is 2. The van der Waals surface area contributed by atoms with Crippen LogP contribution in [0.15, 0.2) is 23.3 Å². The molecule has 0 spiro atoms. The minimum absolute atomic E-state index is 0.139. The molecule has 0 bridgehead atoms. The average molecular weight is 413 g/mol. The highest BCUT2D eigenvalue weighted by Gasteiger charge is 2.53. The van der Waals surface area contributed by atoms with Gasteiger partial charge in [0.05, 0.1) is 5.41 Å². The fraction of sp³-hybridized carbons (Fsp3) is 0.741. The van der Waals surface area contributed by atoms with Gasteiger partial charge in [0.25, 0.3) is 0 Å². The summed E-state index contributed by atoms with van der Waals surface area (Å²) >= 11 is 0. The molecule has 0 aromatic heterocycles. The average Bonchev–Trinajstić information content (AvgIpc) is 3.00. The number of allylic oxidation sites excluding steroid dienone is 4. The summed E-state index contributed by atoms with van der Waals surface area (Å²) in [5.41, 5.74) is 1.21. The van der Waals surface area contributed by atoms with E-state index >= 15 is 0 Å². The fourth-order valence-electron chi connectivity index (χ4n) is 6.64. The smallest absolute Gasteiger partial charge is 0.169 e. The Hall–Kier alpha value is -1.51. The molecule has 0 aliphatic heterocycles. The minimum atomic E-state index is -0.527. The zero-order chi connectivity index (χ0) is 22.1. The molecule has 3 aliphatic rings. The van der Waals surface area contributed by atoms with Gasteiger partial charge in [-0.25, -0.2) is 0 Å². The lowest BCUT2D eigenvalue weighted by Crippen LogP contribution is -2.42. The van der Waals surface area contributed by atoms with E-state index in [-0.39, 0.29) is 22.9 Å². The summed E-state index contributed by atoms with van der Waals surface area (Å²) in [6.45, 7) is 11.2. The molecule has 2 fully saturated rings. The van der Waals surface area contributed by atoms with E-state index in [1.165, 1.54) is 19.3 Å². The molecule has 0 aromatic rings. The third kappa shape index (κ3) is 4.14. The number of carbonyl (C=O) groups is 3. The second-order valence-electron chi connectivity index (χ2n) is 11.1. The van der Waals surface area contributed by atoms with Crippen LogP contribution in [0.4, 0.5) is 0 Å². The zero-order valence-corrected chi connectivity index (χ0v) is 19.6. The lowest BCUT2D eigenvalue weighted by molar-refractivity contribution is -0.127. The molecule has 0 aromatic carbocycles. The molecule has 3 rings (SSSR count). The van der Waals surface area contributed by atoms with Crippen molar-refractivity contribution in [1.82, 2.24) is 0 Å². The van der Waals surface area contributed by atoms with Crippen LogP contribution >= 0.6 is 0 Å². The van der Waals surface area contributed by atoms with Crippen molar-refractivity contribution in [1.29, 1.82) is 0 Å². The van der Waals surface area contributed by atoms with Crippen LogP contribution in [0.2, 0.25) is 0 Å². The Morgan fingerprint density at radius 3 is 2.50 bits per heavy atom. The van der Waals surface area contributed by atoms with Crippen molar-refractivity contribution in [3.8, 4) is 0 Å². The lowest BCUT2D eigenvalue weighted by atomic mass is 9.59. The zero-order valence-electron chi connectivity index (χ0n) is 19.6. The maximum Gasteiger partial charge on any atom is 0.169 e. The lowest BCUT2D eigenvalue weighted by Gasteiger charge is -2.43. The van der Waals surface area contributed by atoms with Crippen LogP contribution in [0.1, 0.15) is 92.4 Å². The maximum absolute atomic E-state index is 13.7. The fourth-order valence-corrected chi connectivity index (χ4v) is 6.64. The van der Waals surface area contributed by atoms with Gasteiger partial charge in [-0.05, 0) is 66.4 Å². The Labute approximate surface area is 182 Å². The van der Waals surface area contributed by atoms with Crippen LogP contribution in [-0.2, 0) is 14.4 Å². The number of hydrogen-bond donors (Lipinski definition) is 0. The maximum atomic E-state index is 13.7. The Bertz CT molecular complexity index is 758. The molecule has 30 heavy (non-hydrogen) atoms. The largest absolute Gasteiger partial charge is 0.303 e. The van der Waals surface area contributed by atoms with Gasteiger partial charge in [0, 0.05) is 19.3 Å². The molecule has 3 heteroatoms. The van der Waals surface area contributed by atoms with Gasteiger partial charge in [-0.15, -0.1) is 0 Å². The van der Waals surface area contributed by atoms with Crippen LogP contribution in [-0.4, -0.2) is 17.9 Å². The third-order valence-corrected chi connectivity index (χ3v) is 8.66. The first kappa shape index (κ1) is 23.2. The normalized spacial score (nSPS) is 35.1. The molecule has 0 heterocycles. The predicted octanol–water partition coefficient (Wildman–Crippen LogP) is 6.27. The van der Waals surface area contributed by atoms with E-state index in [2.05, 4.69) is 33.8 Å². The van der Waals surface area contributed by atoms with Gasteiger partial charge in [0.15, 0.2) is 5.78 Å². The Kier molecular flexibility index (Phi) is 6.89. The van der Waals surface area contributed by atoms with Crippen molar-refractivity contribution >= 4 is 17.9 Å². The molecule has 3 aliphatic carbocycles. The monoisotopic (exact) mass is 412 g/mol. The molecule has 0 saturated heterocycles. The standard InChI is InChI=1S/C27H40O3/c1-18(2)7-6-8-19(3)23-11-12-24(27(23,5)15-16-28)22-10-9-20-17-21(29)13-14-26(20,4)25(22)30/h9-10,16,18-19,23-24H,6-8,11-15,17H2,1-5H3/t19-,23?,24?,26?,27?/m1/s1. The van der Waals surface area contributed by atoms with Crippen LogP contribution in [0.25, 0.3) is 0 Å². The second kappa shape index (κ2) is 8.93. The summed E-state index contributed by atoms with van der Waals surface area (Å²) in [6.07, 6.45) is 12.9. The topological polar surface area (TPSA) is 51.2 Å². The number of carbonyl (C=O) groups excluding carboxylic acids is 3. The van der Waals surface area contributed by atoms with Crippen molar-refractivity contribution in [2.45, 2.75) is 92.4 Å². The number of aldehydes is 1. The minimum Gasteiger partial charge on any atom is -0.303 e. The van der Waals surface area contributed by atoms with Gasteiger partial charge in [-0.2, -0.15) is 0 Å². The molecule has 3 nitrogen and oxygen atoms in total. The highest BCUT2D eigenvalue weighted by atomic mass is 16.1. The van der Waals surface area contributed by atoms with Gasteiger partial charge in [-0.3, -0.25) is 9.59 Å². The third-order valence-electron chi connectivity index (χ3n) is 8.66. The van der Waals surface area contributed by atoms with Gasteiger partial charge in [0.1, 0.15) is 12.1 Å². The summed E-state index contributed by atoms with van der Waals surface area (Å²) in [7, 11) is 0. The Morgan fingerprint density at radius 1 is 1.10 bits per heavy atom. The number of hydrogen-bond acceptors (Lipinski definition) is 3. The summed E-state index contributed by atoms with van der Waals surface area (Å²) < 4.78 is 0. The SMILES string of the molecule is CC(C)CCC[C@@H](C)C1CCC(C2=CC=C3CC(=O)CCC3(C)C2=O)C1(C)CC=O. The number of rotatable bonds is 8. The summed E-state index contributed by atoms with van der Waals surface area (Å²) in [6, 6.07) is 0. The van der Waals surface area contributed by atoms with Crippen LogP contribution in [0.5, 0.6) is 0 Å². The van der Waals surface area contributed by atoms with Crippen LogP contribution < -0.4 is 0 Å². The van der Waals surface area contributed by atoms with Gasteiger partial charge in [-0.1, -0.05) is 59.1 Å². The van der Waals surface area contributed by atoms with Gasteiger partial charge >= 0.3 is 0 Å². The van der Waals surface area contributed by atoms with E-state index < -0.39 is 5.41 Å². The molecule has 4 unspecified atom stereocenters. The van der Waals surface area contributed by atoms with Crippen molar-refractivity contribution in [2.75, 3.05) is 0 Å². The summed E-state index contributed by atoms with van der Waals surface area (Å²) in [4.78, 5) is 37.3. The van der Waals surface area contributed by atoms with E-state index in [1.54, 1.807) is 0 Å². The number of Topliss-reactive ketones (excluding diaryl/α,β-unsaturated/α-hetero) is 2. The van der Waals surface area contributed by atoms with E-state index in [0.29, 0.717) is 37.5 Å². The highest BCUT2D eigenvalue weighted by molar-refractivity contribution is 6.05. The molecule has 5 atom stereocenters. The van der Waals surface area contributed by atoms with Crippen molar-refractivity contribution in [3.63, 3.8) is 0 Å². The summed E-state index contributed by atoms with van der Waals surface area (Å²) in [5, 5.41) is 0. The second-order valence-corrected chi connectivity index (χ2v) is 11.1. The molecule has 166 valence electrons. The van der Waals surface area contributed by atoms with Crippen molar-refractivity contribution in [2.24, 2.45) is 34.5 Å². The highest BCUT2D eigenvalue weighted by Crippen LogP contribution is 2.58. The van der Waals surface area contributed by atoms with E-state index in [0.717, 1.165) is 36.2 Å². The molecular formula is C27H40O3. The van der Waals surface area contributed by atoms with Crippen LogP contribution in [0, 0.1) is 34.5 Å². The van der Waals surface area contributed by atoms with Crippen LogP contribution in [0.3, 0.4) is 0 Å². The first-order valence-electron chi connectivity index (χ1n) is 12.0. The van der Waals surface area contributed by atoms with Crippen molar-refractivity contribution < 1.29 is 14.4 Å². The number of fused-ring (bicyclic) bond motifs is 1. The molecule has 0 N–H and O–H groups in total. The molecule has 0 radical (unpaired) electrons. The quantitative estimate of drug-likeness (QED) is 0.442. The predicted molar refractivity (Wildman–Crippen MR) is 121 cm³/mol. The van der Waals surface area contributed by atoms with Gasteiger partial charge in [0.2, 0.25) is 0 Å². The molecular weight excluding hydrogens is 372 g/mol. The summed E-state index contributed by atoms with van der Waals surface area (Å²) in [5.74, 6) is 2.35. The first-order chi connectivity index (χ1) is 14.1. The van der Waals surface area contributed by atoms with E-state index in [1.807, 2.05) is 13.0 Å².